The van der Waals surface area contributed by atoms with Crippen LogP contribution in [-0.4, -0.2) is 71.2 Å². The average Bonchev–Trinajstić information content (AvgIpc) is 3.06. The van der Waals surface area contributed by atoms with Crippen LogP contribution in [0.1, 0.15) is 12.8 Å². The molecule has 2 saturated heterocycles. The molecule has 0 saturated carbocycles. The molecule has 6 heteroatoms. The fourth-order valence-corrected chi connectivity index (χ4v) is 3.93. The molecule has 2 aromatic rings. The van der Waals surface area contributed by atoms with Gasteiger partial charge in [0.25, 0.3) is 0 Å². The molecule has 1 unspecified atom stereocenters. The minimum atomic E-state index is 0.266. The van der Waals surface area contributed by atoms with E-state index >= 15 is 0 Å². The minimum Gasteiger partial charge on any atom is -0.379 e. The molecule has 0 spiro atoms. The summed E-state index contributed by atoms with van der Waals surface area (Å²) < 4.78 is 7.59. The van der Waals surface area contributed by atoms with Crippen molar-refractivity contribution in [3.8, 4) is 0 Å². The van der Waals surface area contributed by atoms with E-state index in [1.807, 2.05) is 18.5 Å². The third-order valence-corrected chi connectivity index (χ3v) is 5.32. The maximum absolute atomic E-state index is 12.7. The third-order valence-electron chi connectivity index (χ3n) is 5.32. The highest BCUT2D eigenvalue weighted by atomic mass is 16.5. The molecule has 0 bridgehead atoms. The molecule has 4 rings (SSSR count). The van der Waals surface area contributed by atoms with Crippen LogP contribution < -0.4 is 0 Å². The number of likely N-dealkylation sites (tertiary alicyclic amines) is 1. The van der Waals surface area contributed by atoms with Crippen molar-refractivity contribution in [2.45, 2.75) is 19.4 Å². The van der Waals surface area contributed by atoms with Crippen molar-refractivity contribution >= 4 is 16.9 Å². The van der Waals surface area contributed by atoms with Gasteiger partial charge in [-0.15, -0.1) is 0 Å². The summed E-state index contributed by atoms with van der Waals surface area (Å²) in [7, 11) is 0. The monoisotopic (exact) mass is 342 g/mol. The quantitative estimate of drug-likeness (QED) is 0.847. The highest BCUT2D eigenvalue weighted by molar-refractivity contribution is 5.78. The van der Waals surface area contributed by atoms with Gasteiger partial charge in [0.05, 0.1) is 37.1 Å². The van der Waals surface area contributed by atoms with E-state index in [1.165, 1.54) is 11.9 Å². The second-order valence-corrected chi connectivity index (χ2v) is 7.12. The normalized spacial score (nSPS) is 22.4. The smallest absolute Gasteiger partial charge is 0.236 e. The van der Waals surface area contributed by atoms with E-state index in [2.05, 4.69) is 31.5 Å². The molecule has 0 N–H and O–H groups in total. The topological polar surface area (TPSA) is 50.6 Å². The Labute approximate surface area is 148 Å². The zero-order valence-corrected chi connectivity index (χ0v) is 14.6. The number of amides is 1. The van der Waals surface area contributed by atoms with Crippen LogP contribution in [0.5, 0.6) is 0 Å². The number of morpholine rings is 1. The van der Waals surface area contributed by atoms with Gasteiger partial charge in [-0.25, -0.2) is 4.98 Å². The van der Waals surface area contributed by atoms with Gasteiger partial charge in [0.2, 0.25) is 5.91 Å². The number of rotatable bonds is 4. The predicted octanol–water partition coefficient (Wildman–Crippen LogP) is 1.61. The van der Waals surface area contributed by atoms with Crippen LogP contribution in [0.4, 0.5) is 0 Å². The van der Waals surface area contributed by atoms with Gasteiger partial charge in [0, 0.05) is 32.7 Å². The third kappa shape index (κ3) is 3.85. The molecular weight excluding hydrogens is 316 g/mol. The first-order chi connectivity index (χ1) is 12.3. The van der Waals surface area contributed by atoms with Crippen molar-refractivity contribution in [3.05, 3.63) is 30.6 Å². The Morgan fingerprint density at radius 1 is 1.20 bits per heavy atom. The molecule has 1 amide bonds. The molecule has 0 aliphatic carbocycles. The molecule has 1 aromatic heterocycles. The molecule has 25 heavy (non-hydrogen) atoms. The van der Waals surface area contributed by atoms with E-state index in [4.69, 9.17) is 4.74 Å². The van der Waals surface area contributed by atoms with E-state index < -0.39 is 0 Å². The highest BCUT2D eigenvalue weighted by Crippen LogP contribution is 2.21. The van der Waals surface area contributed by atoms with E-state index in [1.54, 1.807) is 0 Å². The van der Waals surface area contributed by atoms with Crippen molar-refractivity contribution in [3.63, 3.8) is 0 Å². The largest absolute Gasteiger partial charge is 0.379 e. The summed E-state index contributed by atoms with van der Waals surface area (Å²) >= 11 is 0. The van der Waals surface area contributed by atoms with Crippen LogP contribution >= 0.6 is 0 Å². The van der Waals surface area contributed by atoms with Gasteiger partial charge in [0.15, 0.2) is 0 Å². The Morgan fingerprint density at radius 2 is 2.04 bits per heavy atom. The zero-order chi connectivity index (χ0) is 17.1. The van der Waals surface area contributed by atoms with Gasteiger partial charge in [-0.05, 0) is 30.9 Å². The average molecular weight is 342 g/mol. The number of benzene rings is 1. The molecule has 0 radical (unpaired) electrons. The van der Waals surface area contributed by atoms with Crippen molar-refractivity contribution in [2.24, 2.45) is 5.92 Å². The maximum Gasteiger partial charge on any atom is 0.236 e. The molecular formula is C19H26N4O2. The predicted molar refractivity (Wildman–Crippen MR) is 96.3 cm³/mol. The van der Waals surface area contributed by atoms with E-state index in [0.29, 0.717) is 12.5 Å². The first kappa shape index (κ1) is 16.5. The number of hydrogen-bond acceptors (Lipinski definition) is 4. The van der Waals surface area contributed by atoms with Crippen LogP contribution in [-0.2, 0) is 16.1 Å². The Balaban J connectivity index is 1.36. The van der Waals surface area contributed by atoms with Crippen molar-refractivity contribution < 1.29 is 9.53 Å². The number of para-hydroxylation sites is 2. The van der Waals surface area contributed by atoms with Crippen LogP contribution in [0.3, 0.4) is 0 Å². The van der Waals surface area contributed by atoms with Gasteiger partial charge in [-0.1, -0.05) is 12.1 Å². The second-order valence-electron chi connectivity index (χ2n) is 7.12. The summed E-state index contributed by atoms with van der Waals surface area (Å²) in [6.45, 7) is 6.42. The lowest BCUT2D eigenvalue weighted by molar-refractivity contribution is -0.135. The Bertz CT molecular complexity index is 723. The maximum atomic E-state index is 12.7. The number of piperidine rings is 1. The first-order valence-electron chi connectivity index (χ1n) is 9.27. The Hall–Kier alpha value is -1.92. The van der Waals surface area contributed by atoms with Gasteiger partial charge >= 0.3 is 0 Å². The summed E-state index contributed by atoms with van der Waals surface area (Å²) in [6, 6.07) is 8.24. The Morgan fingerprint density at radius 3 is 2.92 bits per heavy atom. The van der Waals surface area contributed by atoms with Crippen molar-refractivity contribution in [1.82, 2.24) is 19.4 Å². The Kier molecular flexibility index (Phi) is 4.99. The molecule has 1 aromatic carbocycles. The molecule has 134 valence electrons. The summed E-state index contributed by atoms with van der Waals surface area (Å²) in [4.78, 5) is 21.4. The molecule has 6 nitrogen and oxygen atoms in total. The number of hydrogen-bond donors (Lipinski definition) is 0. The lowest BCUT2D eigenvalue weighted by Gasteiger charge is -2.35. The first-order valence-corrected chi connectivity index (χ1v) is 9.27. The van der Waals surface area contributed by atoms with Gasteiger partial charge in [-0.3, -0.25) is 9.69 Å². The molecule has 2 aliphatic rings. The molecule has 2 fully saturated rings. The minimum absolute atomic E-state index is 0.266. The van der Waals surface area contributed by atoms with Crippen LogP contribution in [0.25, 0.3) is 11.0 Å². The van der Waals surface area contributed by atoms with Crippen LogP contribution in [0, 0.1) is 5.92 Å². The number of aromatic nitrogens is 2. The van der Waals surface area contributed by atoms with E-state index in [-0.39, 0.29) is 5.91 Å². The number of carbonyl (C=O) groups excluding carboxylic acids is 1. The second kappa shape index (κ2) is 7.54. The van der Waals surface area contributed by atoms with E-state index in [0.717, 1.165) is 57.9 Å². The number of fused-ring (bicyclic) bond motifs is 1. The number of carbonyl (C=O) groups is 1. The standard InChI is InChI=1S/C19H26N4O2/c24-19(14-21-8-10-25-11-9-21)22-7-3-4-16(12-22)13-23-15-20-17-5-1-2-6-18(17)23/h1-2,5-6,15-16H,3-4,7-14H2. The van der Waals surface area contributed by atoms with Gasteiger partial charge in [0.1, 0.15) is 0 Å². The fourth-order valence-electron chi connectivity index (χ4n) is 3.93. The van der Waals surface area contributed by atoms with Crippen LogP contribution in [0.15, 0.2) is 30.6 Å². The molecule has 1 atom stereocenters. The summed E-state index contributed by atoms with van der Waals surface area (Å²) in [6.07, 6.45) is 4.19. The van der Waals surface area contributed by atoms with Gasteiger partial charge in [-0.2, -0.15) is 0 Å². The fraction of sp³-hybridized carbons (Fsp3) is 0.579. The summed E-state index contributed by atoms with van der Waals surface area (Å²) in [5.74, 6) is 0.766. The van der Waals surface area contributed by atoms with Crippen molar-refractivity contribution in [1.29, 1.82) is 0 Å². The summed E-state index contributed by atoms with van der Waals surface area (Å²) in [5, 5.41) is 0. The SMILES string of the molecule is O=C(CN1CCOCC1)N1CCCC(Cn2cnc3ccccc32)C1. The number of imidazole rings is 1. The molecule has 2 aliphatic heterocycles. The number of ether oxygens (including phenoxy) is 1. The number of nitrogens with zero attached hydrogens (tertiary/aromatic N) is 4. The van der Waals surface area contributed by atoms with Gasteiger partial charge < -0.3 is 14.2 Å². The lowest BCUT2D eigenvalue weighted by atomic mass is 9.97. The summed E-state index contributed by atoms with van der Waals surface area (Å²) in [5.41, 5.74) is 2.22. The van der Waals surface area contributed by atoms with Crippen molar-refractivity contribution in [2.75, 3.05) is 45.9 Å². The van der Waals surface area contributed by atoms with E-state index in [9.17, 15) is 4.79 Å². The highest BCUT2D eigenvalue weighted by Gasteiger charge is 2.26. The van der Waals surface area contributed by atoms with Crippen LogP contribution in [0.2, 0.25) is 0 Å². The zero-order valence-electron chi connectivity index (χ0n) is 14.6. The molecule has 3 heterocycles. The lowest BCUT2D eigenvalue weighted by Crippen LogP contribution is -2.48.